The van der Waals surface area contributed by atoms with E-state index in [1.807, 2.05) is 25.1 Å². The van der Waals surface area contributed by atoms with Gasteiger partial charge in [-0.25, -0.2) is 8.42 Å². The highest BCUT2D eigenvalue weighted by Crippen LogP contribution is 2.25. The molecular weight excluding hydrogens is 284 g/mol. The lowest BCUT2D eigenvalue weighted by atomic mass is 10.1. The largest absolute Gasteiger partial charge is 0.398 e. The van der Waals surface area contributed by atoms with Crippen LogP contribution in [0.15, 0.2) is 47.4 Å². The number of anilines is 2. The van der Waals surface area contributed by atoms with Gasteiger partial charge in [-0.2, -0.15) is 0 Å². The van der Waals surface area contributed by atoms with Gasteiger partial charge < -0.3 is 5.73 Å². The van der Waals surface area contributed by atoms with Crippen LogP contribution in [0.1, 0.15) is 24.5 Å². The summed E-state index contributed by atoms with van der Waals surface area (Å²) in [7, 11) is -3.68. The van der Waals surface area contributed by atoms with Crippen molar-refractivity contribution in [3.05, 3.63) is 53.6 Å². The van der Waals surface area contributed by atoms with Crippen molar-refractivity contribution >= 4 is 21.4 Å². The van der Waals surface area contributed by atoms with Crippen LogP contribution in [0.3, 0.4) is 0 Å². The van der Waals surface area contributed by atoms with E-state index in [0.717, 1.165) is 24.0 Å². The monoisotopic (exact) mass is 304 g/mol. The van der Waals surface area contributed by atoms with Gasteiger partial charge in [0.25, 0.3) is 10.0 Å². The lowest BCUT2D eigenvalue weighted by molar-refractivity contribution is 0.601. The summed E-state index contributed by atoms with van der Waals surface area (Å²) in [5.74, 6) is 0. The normalized spacial score (nSPS) is 11.3. The van der Waals surface area contributed by atoms with E-state index in [2.05, 4.69) is 11.6 Å². The highest BCUT2D eigenvalue weighted by atomic mass is 32.2. The first kappa shape index (κ1) is 15.4. The average Bonchev–Trinajstić information content (AvgIpc) is 2.40. The predicted octanol–water partition coefficient (Wildman–Crippen LogP) is 3.33. The van der Waals surface area contributed by atoms with Crippen LogP contribution in [0.4, 0.5) is 11.4 Å². The summed E-state index contributed by atoms with van der Waals surface area (Å²) < 4.78 is 27.6. The van der Waals surface area contributed by atoms with Crippen molar-refractivity contribution in [2.24, 2.45) is 0 Å². The highest BCUT2D eigenvalue weighted by Gasteiger charge is 2.18. The SMILES string of the molecule is CCCc1ccccc1NS(=O)(=O)c1ccc(C)cc1N. The second kappa shape index (κ2) is 6.18. The van der Waals surface area contributed by atoms with Crippen LogP contribution in [0.5, 0.6) is 0 Å². The third-order valence-corrected chi connectivity index (χ3v) is 4.68. The fourth-order valence-electron chi connectivity index (χ4n) is 2.22. The molecule has 0 atom stereocenters. The summed E-state index contributed by atoms with van der Waals surface area (Å²) in [5, 5.41) is 0. The maximum Gasteiger partial charge on any atom is 0.263 e. The average molecular weight is 304 g/mol. The van der Waals surface area contributed by atoms with Crippen molar-refractivity contribution < 1.29 is 8.42 Å². The number of benzene rings is 2. The first-order valence-electron chi connectivity index (χ1n) is 6.91. The van der Waals surface area contributed by atoms with Crippen LogP contribution < -0.4 is 10.5 Å². The zero-order valence-corrected chi connectivity index (χ0v) is 13.1. The number of aryl methyl sites for hydroxylation is 2. The number of hydrogen-bond acceptors (Lipinski definition) is 3. The third kappa shape index (κ3) is 3.55. The van der Waals surface area contributed by atoms with Crippen LogP contribution in [0.25, 0.3) is 0 Å². The summed E-state index contributed by atoms with van der Waals surface area (Å²) in [4.78, 5) is 0.111. The summed E-state index contributed by atoms with van der Waals surface area (Å²) in [6.07, 6.45) is 1.77. The first-order chi connectivity index (χ1) is 9.94. The molecule has 0 fully saturated rings. The van der Waals surface area contributed by atoms with Gasteiger partial charge >= 0.3 is 0 Å². The molecule has 2 aromatic carbocycles. The molecule has 0 radical (unpaired) electrons. The van der Waals surface area contributed by atoms with Gasteiger partial charge in [-0.3, -0.25) is 4.72 Å². The summed E-state index contributed by atoms with van der Waals surface area (Å²) in [6.45, 7) is 3.93. The Morgan fingerprint density at radius 3 is 2.52 bits per heavy atom. The number of nitrogens with one attached hydrogen (secondary N) is 1. The van der Waals surface area contributed by atoms with Crippen molar-refractivity contribution in [3.63, 3.8) is 0 Å². The second-order valence-electron chi connectivity index (χ2n) is 5.05. The van der Waals surface area contributed by atoms with Crippen LogP contribution in [0, 0.1) is 6.92 Å². The molecule has 0 unspecified atom stereocenters. The lowest BCUT2D eigenvalue weighted by Gasteiger charge is -2.13. The van der Waals surface area contributed by atoms with Gasteiger partial charge in [0.1, 0.15) is 4.90 Å². The summed E-state index contributed by atoms with van der Waals surface area (Å²) in [5.41, 5.74) is 8.62. The molecule has 0 amide bonds. The topological polar surface area (TPSA) is 72.2 Å². The zero-order chi connectivity index (χ0) is 15.5. The second-order valence-corrected chi connectivity index (χ2v) is 6.70. The van der Waals surface area contributed by atoms with Crippen LogP contribution in [0.2, 0.25) is 0 Å². The Morgan fingerprint density at radius 2 is 1.86 bits per heavy atom. The molecular formula is C16H20N2O2S. The molecule has 0 heterocycles. The van der Waals surface area contributed by atoms with Gasteiger partial charge in [0.15, 0.2) is 0 Å². The molecule has 0 aromatic heterocycles. The van der Waals surface area contributed by atoms with Crippen molar-refractivity contribution in [1.29, 1.82) is 0 Å². The number of hydrogen-bond donors (Lipinski definition) is 2. The Kier molecular flexibility index (Phi) is 4.53. The molecule has 3 N–H and O–H groups in total. The van der Waals surface area contributed by atoms with E-state index in [-0.39, 0.29) is 10.6 Å². The Hall–Kier alpha value is -2.01. The molecule has 2 rings (SSSR count). The number of para-hydroxylation sites is 1. The van der Waals surface area contributed by atoms with Crippen LogP contribution in [-0.4, -0.2) is 8.42 Å². The smallest absolute Gasteiger partial charge is 0.263 e. The van der Waals surface area contributed by atoms with Crippen molar-refractivity contribution in [3.8, 4) is 0 Å². The van der Waals surface area contributed by atoms with E-state index < -0.39 is 10.0 Å². The number of nitrogen functional groups attached to an aromatic ring is 1. The molecule has 112 valence electrons. The minimum absolute atomic E-state index is 0.111. The standard InChI is InChI=1S/C16H20N2O2S/c1-3-6-13-7-4-5-8-15(13)18-21(19,20)16-10-9-12(2)11-14(16)17/h4-5,7-11,18H,3,6,17H2,1-2H3. The van der Waals surface area contributed by atoms with Crippen LogP contribution in [-0.2, 0) is 16.4 Å². The van der Waals surface area contributed by atoms with E-state index in [9.17, 15) is 8.42 Å². The quantitative estimate of drug-likeness (QED) is 0.832. The minimum Gasteiger partial charge on any atom is -0.398 e. The molecule has 4 nitrogen and oxygen atoms in total. The summed E-state index contributed by atoms with van der Waals surface area (Å²) in [6, 6.07) is 12.4. The lowest BCUT2D eigenvalue weighted by Crippen LogP contribution is -2.16. The molecule has 0 spiro atoms. The van der Waals surface area contributed by atoms with Gasteiger partial charge in [-0.1, -0.05) is 37.6 Å². The molecule has 0 saturated heterocycles. The number of sulfonamides is 1. The Labute approximate surface area is 126 Å². The van der Waals surface area contributed by atoms with Gasteiger partial charge in [-0.15, -0.1) is 0 Å². The van der Waals surface area contributed by atoms with Gasteiger partial charge in [0.2, 0.25) is 0 Å². The fraction of sp³-hybridized carbons (Fsp3) is 0.250. The van der Waals surface area contributed by atoms with Crippen molar-refractivity contribution in [1.82, 2.24) is 0 Å². The molecule has 0 bridgehead atoms. The van der Waals surface area contributed by atoms with Crippen LogP contribution >= 0.6 is 0 Å². The Balaban J connectivity index is 2.38. The van der Waals surface area contributed by atoms with Gasteiger partial charge in [0, 0.05) is 0 Å². The molecule has 2 aromatic rings. The third-order valence-electron chi connectivity index (χ3n) is 3.24. The molecule has 0 saturated carbocycles. The molecule has 5 heteroatoms. The van der Waals surface area contributed by atoms with E-state index in [1.165, 1.54) is 6.07 Å². The first-order valence-corrected chi connectivity index (χ1v) is 8.39. The molecule has 0 aliphatic rings. The maximum atomic E-state index is 12.5. The fourth-order valence-corrected chi connectivity index (χ4v) is 3.43. The minimum atomic E-state index is -3.68. The van der Waals surface area contributed by atoms with E-state index in [1.54, 1.807) is 18.2 Å². The van der Waals surface area contributed by atoms with E-state index >= 15 is 0 Å². The van der Waals surface area contributed by atoms with Gasteiger partial charge in [0.05, 0.1) is 11.4 Å². The van der Waals surface area contributed by atoms with Crippen molar-refractivity contribution in [2.45, 2.75) is 31.6 Å². The molecule has 21 heavy (non-hydrogen) atoms. The number of rotatable bonds is 5. The zero-order valence-electron chi connectivity index (χ0n) is 12.3. The Morgan fingerprint density at radius 1 is 1.14 bits per heavy atom. The molecule has 0 aliphatic heterocycles. The Bertz CT molecular complexity index is 740. The predicted molar refractivity (Wildman–Crippen MR) is 86.8 cm³/mol. The number of nitrogens with two attached hydrogens (primary N) is 1. The van der Waals surface area contributed by atoms with E-state index in [0.29, 0.717) is 5.69 Å². The van der Waals surface area contributed by atoms with Gasteiger partial charge in [-0.05, 0) is 42.7 Å². The van der Waals surface area contributed by atoms with E-state index in [4.69, 9.17) is 5.73 Å². The summed E-state index contributed by atoms with van der Waals surface area (Å²) >= 11 is 0. The maximum absolute atomic E-state index is 12.5. The van der Waals surface area contributed by atoms with Crippen molar-refractivity contribution in [2.75, 3.05) is 10.5 Å². The molecule has 0 aliphatic carbocycles. The highest BCUT2D eigenvalue weighted by molar-refractivity contribution is 7.92.